The fourth-order valence-electron chi connectivity index (χ4n) is 2.87. The first-order valence-corrected chi connectivity index (χ1v) is 11.5. The third kappa shape index (κ3) is 6.83. The van der Waals surface area contributed by atoms with Crippen molar-refractivity contribution in [2.24, 2.45) is 0 Å². The summed E-state index contributed by atoms with van der Waals surface area (Å²) in [5, 5.41) is 3.94. The number of benzene rings is 2. The van der Waals surface area contributed by atoms with Crippen LogP contribution in [0.25, 0.3) is 0 Å². The number of amides is 2. The third-order valence-electron chi connectivity index (χ3n) is 4.54. The van der Waals surface area contributed by atoms with Gasteiger partial charge in [-0.05, 0) is 49.2 Å². The van der Waals surface area contributed by atoms with Crippen LogP contribution in [-0.2, 0) is 21.9 Å². The molecule has 2 rings (SSSR count). The second-order valence-corrected chi connectivity index (χ2v) is 8.44. The zero-order chi connectivity index (χ0) is 22.1. The van der Waals surface area contributed by atoms with Gasteiger partial charge in [-0.25, -0.2) is 0 Å². The van der Waals surface area contributed by atoms with E-state index in [1.54, 1.807) is 37.1 Å². The van der Waals surface area contributed by atoms with Gasteiger partial charge in [0.05, 0.1) is 12.9 Å². The SMILES string of the molecule is CCNC(=O)C(C)N(Cc1cccc(OC)c1)C(=O)CSCc1c(Cl)cccc1Cl. The highest BCUT2D eigenvalue weighted by Gasteiger charge is 2.26. The summed E-state index contributed by atoms with van der Waals surface area (Å²) in [7, 11) is 1.59. The molecular weight excluding hydrogens is 443 g/mol. The molecule has 0 saturated carbocycles. The van der Waals surface area contributed by atoms with Crippen LogP contribution in [0, 0.1) is 0 Å². The molecule has 0 bridgehead atoms. The van der Waals surface area contributed by atoms with Gasteiger partial charge in [-0.3, -0.25) is 9.59 Å². The summed E-state index contributed by atoms with van der Waals surface area (Å²) in [6, 6.07) is 12.2. The number of thioether (sulfide) groups is 1. The molecule has 0 aromatic heterocycles. The zero-order valence-corrected chi connectivity index (χ0v) is 19.6. The van der Waals surface area contributed by atoms with Crippen molar-refractivity contribution in [3.63, 3.8) is 0 Å². The first-order chi connectivity index (χ1) is 14.4. The van der Waals surface area contributed by atoms with Gasteiger partial charge in [-0.2, -0.15) is 0 Å². The molecule has 30 heavy (non-hydrogen) atoms. The lowest BCUT2D eigenvalue weighted by molar-refractivity contribution is -0.138. The number of nitrogens with one attached hydrogen (secondary N) is 1. The minimum Gasteiger partial charge on any atom is -0.497 e. The minimum absolute atomic E-state index is 0.134. The van der Waals surface area contributed by atoms with Crippen LogP contribution in [0.3, 0.4) is 0 Å². The number of likely N-dealkylation sites (N-methyl/N-ethyl adjacent to an activating group) is 1. The van der Waals surface area contributed by atoms with Crippen molar-refractivity contribution in [1.29, 1.82) is 0 Å². The Hall–Kier alpha value is -1.89. The van der Waals surface area contributed by atoms with Crippen LogP contribution in [0.15, 0.2) is 42.5 Å². The number of rotatable bonds is 10. The molecule has 0 aliphatic carbocycles. The summed E-state index contributed by atoms with van der Waals surface area (Å²) in [6.07, 6.45) is 0. The van der Waals surface area contributed by atoms with Crippen LogP contribution in [-0.4, -0.2) is 42.2 Å². The number of carbonyl (C=O) groups excluding carboxylic acids is 2. The molecule has 1 N–H and O–H groups in total. The first kappa shape index (κ1) is 24.4. The van der Waals surface area contributed by atoms with E-state index in [1.165, 1.54) is 11.8 Å². The largest absolute Gasteiger partial charge is 0.497 e. The van der Waals surface area contributed by atoms with Crippen LogP contribution in [0.5, 0.6) is 5.75 Å². The predicted octanol–water partition coefficient (Wildman–Crippen LogP) is 4.79. The highest BCUT2D eigenvalue weighted by molar-refractivity contribution is 7.99. The number of halogens is 2. The van der Waals surface area contributed by atoms with E-state index in [-0.39, 0.29) is 17.6 Å². The van der Waals surface area contributed by atoms with Crippen LogP contribution in [0.4, 0.5) is 0 Å². The Morgan fingerprint density at radius 3 is 2.47 bits per heavy atom. The summed E-state index contributed by atoms with van der Waals surface area (Å²) in [5.74, 6) is 1.09. The van der Waals surface area contributed by atoms with E-state index in [2.05, 4.69) is 5.32 Å². The van der Waals surface area contributed by atoms with Crippen LogP contribution < -0.4 is 10.1 Å². The fraction of sp³-hybridized carbons (Fsp3) is 0.364. The molecule has 2 aromatic rings. The van der Waals surface area contributed by atoms with Crippen LogP contribution in [0.1, 0.15) is 25.0 Å². The van der Waals surface area contributed by atoms with Crippen molar-refractivity contribution < 1.29 is 14.3 Å². The smallest absolute Gasteiger partial charge is 0.242 e. The molecule has 0 spiro atoms. The van der Waals surface area contributed by atoms with E-state index in [9.17, 15) is 9.59 Å². The lowest BCUT2D eigenvalue weighted by Crippen LogP contribution is -2.48. The Balaban J connectivity index is 2.11. The second-order valence-electron chi connectivity index (χ2n) is 6.64. The van der Waals surface area contributed by atoms with Gasteiger partial charge in [0.15, 0.2) is 0 Å². The summed E-state index contributed by atoms with van der Waals surface area (Å²) in [4.78, 5) is 27.0. The molecule has 0 fully saturated rings. The Morgan fingerprint density at radius 1 is 1.17 bits per heavy atom. The van der Waals surface area contributed by atoms with Gasteiger partial charge < -0.3 is 15.0 Å². The number of hydrogen-bond donors (Lipinski definition) is 1. The van der Waals surface area contributed by atoms with Crippen molar-refractivity contribution in [3.8, 4) is 5.75 Å². The molecular formula is C22H26Cl2N2O3S. The van der Waals surface area contributed by atoms with Gasteiger partial charge >= 0.3 is 0 Å². The lowest BCUT2D eigenvalue weighted by Gasteiger charge is -2.28. The van der Waals surface area contributed by atoms with Crippen molar-refractivity contribution in [3.05, 3.63) is 63.6 Å². The minimum atomic E-state index is -0.604. The highest BCUT2D eigenvalue weighted by atomic mass is 35.5. The maximum absolute atomic E-state index is 13.0. The topological polar surface area (TPSA) is 58.6 Å². The summed E-state index contributed by atoms with van der Waals surface area (Å²) < 4.78 is 5.27. The Kier molecular flexibility index (Phi) is 9.82. The molecule has 5 nitrogen and oxygen atoms in total. The van der Waals surface area contributed by atoms with E-state index in [0.717, 1.165) is 11.1 Å². The maximum Gasteiger partial charge on any atom is 0.242 e. The monoisotopic (exact) mass is 468 g/mol. The Labute approximate surface area is 192 Å². The van der Waals surface area contributed by atoms with Crippen molar-refractivity contribution in [1.82, 2.24) is 10.2 Å². The van der Waals surface area contributed by atoms with Crippen LogP contribution in [0.2, 0.25) is 10.0 Å². The molecule has 0 radical (unpaired) electrons. The molecule has 1 atom stereocenters. The van der Waals surface area contributed by atoms with Gasteiger partial charge in [-0.1, -0.05) is 41.4 Å². The van der Waals surface area contributed by atoms with Crippen LogP contribution >= 0.6 is 35.0 Å². The molecule has 0 aliphatic heterocycles. The summed E-state index contributed by atoms with van der Waals surface area (Å²) in [5.41, 5.74) is 1.69. The van der Waals surface area contributed by atoms with E-state index >= 15 is 0 Å². The Bertz CT molecular complexity index is 859. The zero-order valence-electron chi connectivity index (χ0n) is 17.3. The number of carbonyl (C=O) groups is 2. The molecule has 2 aromatic carbocycles. The lowest BCUT2D eigenvalue weighted by atomic mass is 10.1. The molecule has 8 heteroatoms. The van der Waals surface area contributed by atoms with Gasteiger partial charge in [0.2, 0.25) is 11.8 Å². The first-order valence-electron chi connectivity index (χ1n) is 9.58. The van der Waals surface area contributed by atoms with E-state index in [4.69, 9.17) is 27.9 Å². The van der Waals surface area contributed by atoms with Gasteiger partial charge in [0.25, 0.3) is 0 Å². The Morgan fingerprint density at radius 2 is 1.83 bits per heavy atom. The average molecular weight is 469 g/mol. The third-order valence-corrected chi connectivity index (χ3v) is 6.19. The van der Waals surface area contributed by atoms with Crippen molar-refractivity contribution in [2.75, 3.05) is 19.4 Å². The summed E-state index contributed by atoms with van der Waals surface area (Å²) >= 11 is 13.8. The second kappa shape index (κ2) is 12.1. The molecule has 2 amide bonds. The van der Waals surface area contributed by atoms with Gasteiger partial charge in [-0.15, -0.1) is 11.8 Å². The average Bonchev–Trinajstić information content (AvgIpc) is 2.73. The highest BCUT2D eigenvalue weighted by Crippen LogP contribution is 2.28. The number of ether oxygens (including phenoxy) is 1. The van der Waals surface area contributed by atoms with Gasteiger partial charge in [0.1, 0.15) is 11.8 Å². The molecule has 0 saturated heterocycles. The standard InChI is InChI=1S/C22H26Cl2N2O3S/c1-4-25-22(28)15(2)26(12-16-7-5-8-17(11-16)29-3)21(27)14-30-13-18-19(23)9-6-10-20(18)24/h5-11,15H,4,12-14H2,1-3H3,(H,25,28). The van der Waals surface area contributed by atoms with Crippen molar-refractivity contribution in [2.45, 2.75) is 32.2 Å². The quantitative estimate of drug-likeness (QED) is 0.544. The van der Waals surface area contributed by atoms with E-state index < -0.39 is 6.04 Å². The number of methoxy groups -OCH3 is 1. The molecule has 162 valence electrons. The normalized spacial score (nSPS) is 11.6. The molecule has 1 unspecified atom stereocenters. The fourth-order valence-corrected chi connectivity index (χ4v) is 4.51. The van der Waals surface area contributed by atoms with E-state index in [0.29, 0.717) is 34.6 Å². The number of nitrogens with zero attached hydrogens (tertiary/aromatic N) is 1. The van der Waals surface area contributed by atoms with E-state index in [1.807, 2.05) is 31.2 Å². The predicted molar refractivity (Wildman–Crippen MR) is 124 cm³/mol. The van der Waals surface area contributed by atoms with Gasteiger partial charge in [0, 0.05) is 28.9 Å². The number of hydrogen-bond acceptors (Lipinski definition) is 4. The maximum atomic E-state index is 13.0. The molecule has 0 aliphatic rings. The molecule has 0 heterocycles. The van der Waals surface area contributed by atoms with Crippen molar-refractivity contribution >= 4 is 46.8 Å². The summed E-state index contributed by atoms with van der Waals surface area (Å²) in [6.45, 7) is 4.40.